The molecule has 4 rings (SSSR count). The molecule has 0 aliphatic carbocycles. The van der Waals surface area contributed by atoms with Crippen molar-refractivity contribution >= 4 is 22.7 Å². The quantitative estimate of drug-likeness (QED) is 0.580. The molecule has 31 heavy (non-hydrogen) atoms. The third kappa shape index (κ3) is 4.89. The van der Waals surface area contributed by atoms with Crippen molar-refractivity contribution in [2.24, 2.45) is 0 Å². The van der Waals surface area contributed by atoms with Crippen LogP contribution in [0.4, 0.5) is 18.9 Å². The lowest BCUT2D eigenvalue weighted by Gasteiger charge is -2.35. The fourth-order valence-electron chi connectivity index (χ4n) is 3.98. The van der Waals surface area contributed by atoms with Gasteiger partial charge in [-0.2, -0.15) is 13.2 Å². The minimum atomic E-state index is -4.57. The Hall–Kier alpha value is -2.90. The van der Waals surface area contributed by atoms with Crippen LogP contribution in [-0.2, 0) is 17.5 Å². The van der Waals surface area contributed by atoms with Gasteiger partial charge in [-0.1, -0.05) is 42.5 Å². The fraction of sp³-hybridized carbons (Fsp3) is 0.292. The molecule has 3 aromatic rings. The van der Waals surface area contributed by atoms with Crippen LogP contribution in [0.1, 0.15) is 21.5 Å². The Kier molecular flexibility index (Phi) is 6.25. The predicted molar refractivity (Wildman–Crippen MR) is 114 cm³/mol. The van der Waals surface area contributed by atoms with Gasteiger partial charge in [0.25, 0.3) is 0 Å². The second-order valence-electron chi connectivity index (χ2n) is 7.60. The lowest BCUT2D eigenvalue weighted by Crippen LogP contribution is -2.46. The van der Waals surface area contributed by atoms with Crippen molar-refractivity contribution in [1.29, 1.82) is 0 Å². The molecule has 1 heterocycles. The number of ether oxygens (including phenoxy) is 1. The van der Waals surface area contributed by atoms with Gasteiger partial charge in [-0.15, -0.1) is 0 Å². The SMILES string of the molecule is O=Cc1ccc(N2CCOC(CNCc3cccc4ccccc34)C2)cc1C(F)(F)F. The van der Waals surface area contributed by atoms with Gasteiger partial charge in [-0.05, 0) is 34.5 Å². The van der Waals surface area contributed by atoms with Crippen LogP contribution in [0.3, 0.4) is 0 Å². The Morgan fingerprint density at radius 3 is 2.71 bits per heavy atom. The zero-order valence-corrected chi connectivity index (χ0v) is 16.9. The van der Waals surface area contributed by atoms with Crippen LogP contribution in [0.5, 0.6) is 0 Å². The van der Waals surface area contributed by atoms with Gasteiger partial charge in [0.15, 0.2) is 6.29 Å². The van der Waals surface area contributed by atoms with Crippen LogP contribution in [-0.4, -0.2) is 38.6 Å². The lowest BCUT2D eigenvalue weighted by molar-refractivity contribution is -0.137. The first-order chi connectivity index (χ1) is 15.0. The van der Waals surface area contributed by atoms with E-state index < -0.39 is 11.7 Å². The molecule has 0 spiro atoms. The summed E-state index contributed by atoms with van der Waals surface area (Å²) in [6.45, 7) is 2.65. The smallest absolute Gasteiger partial charge is 0.373 e. The van der Waals surface area contributed by atoms with Gasteiger partial charge in [0, 0.05) is 37.4 Å². The minimum absolute atomic E-state index is 0.149. The summed E-state index contributed by atoms with van der Waals surface area (Å²) in [5.41, 5.74) is 0.375. The van der Waals surface area contributed by atoms with Crippen LogP contribution in [0.2, 0.25) is 0 Å². The molecular formula is C24H23F3N2O2. The number of morpholine rings is 1. The fourth-order valence-corrected chi connectivity index (χ4v) is 3.98. The standard InChI is InChI=1S/C24H23F3N2O2/c25-24(26,27)23-12-20(9-8-19(23)16-30)29-10-11-31-21(15-29)14-28-13-18-6-3-5-17-4-1-2-7-22(17)18/h1-9,12,16,21,28H,10-11,13-15H2. The molecule has 1 aliphatic rings. The van der Waals surface area contributed by atoms with Crippen molar-refractivity contribution < 1.29 is 22.7 Å². The molecule has 7 heteroatoms. The van der Waals surface area contributed by atoms with Crippen molar-refractivity contribution in [3.05, 3.63) is 77.4 Å². The van der Waals surface area contributed by atoms with E-state index in [4.69, 9.17) is 4.74 Å². The molecule has 162 valence electrons. The number of carbonyl (C=O) groups is 1. The van der Waals surface area contributed by atoms with Crippen molar-refractivity contribution in [2.45, 2.75) is 18.8 Å². The average molecular weight is 428 g/mol. The van der Waals surface area contributed by atoms with Crippen LogP contribution < -0.4 is 10.2 Å². The van der Waals surface area contributed by atoms with Gasteiger partial charge >= 0.3 is 6.18 Å². The Labute approximate surface area is 178 Å². The predicted octanol–water partition coefficient (Wildman–Crippen LogP) is 4.67. The zero-order valence-electron chi connectivity index (χ0n) is 16.9. The van der Waals surface area contributed by atoms with Gasteiger partial charge in [0.1, 0.15) is 0 Å². The molecule has 1 fully saturated rings. The highest BCUT2D eigenvalue weighted by molar-refractivity contribution is 5.85. The average Bonchev–Trinajstić information content (AvgIpc) is 2.78. The van der Waals surface area contributed by atoms with Crippen molar-refractivity contribution in [1.82, 2.24) is 5.32 Å². The monoisotopic (exact) mass is 428 g/mol. The number of nitrogens with one attached hydrogen (secondary N) is 1. The highest BCUT2D eigenvalue weighted by Gasteiger charge is 2.34. The number of nitrogens with zero attached hydrogens (tertiary/aromatic N) is 1. The first kappa shape index (κ1) is 21.3. The molecule has 0 bridgehead atoms. The van der Waals surface area contributed by atoms with E-state index >= 15 is 0 Å². The van der Waals surface area contributed by atoms with Crippen LogP contribution >= 0.6 is 0 Å². The number of hydrogen-bond donors (Lipinski definition) is 1. The van der Waals surface area contributed by atoms with E-state index in [9.17, 15) is 18.0 Å². The number of hydrogen-bond acceptors (Lipinski definition) is 4. The van der Waals surface area contributed by atoms with E-state index in [2.05, 4.69) is 29.6 Å². The highest BCUT2D eigenvalue weighted by Crippen LogP contribution is 2.34. The number of anilines is 1. The molecule has 1 N–H and O–H groups in total. The van der Waals surface area contributed by atoms with Crippen molar-refractivity contribution in [3.8, 4) is 0 Å². The molecule has 3 aromatic carbocycles. The molecule has 0 aromatic heterocycles. The number of fused-ring (bicyclic) bond motifs is 1. The van der Waals surface area contributed by atoms with Crippen molar-refractivity contribution in [2.75, 3.05) is 31.1 Å². The van der Waals surface area contributed by atoms with Crippen molar-refractivity contribution in [3.63, 3.8) is 0 Å². The molecule has 0 amide bonds. The summed E-state index contributed by atoms with van der Waals surface area (Å²) in [6, 6.07) is 18.2. The first-order valence-corrected chi connectivity index (χ1v) is 10.2. The second-order valence-corrected chi connectivity index (χ2v) is 7.60. The zero-order chi connectivity index (χ0) is 21.8. The first-order valence-electron chi connectivity index (χ1n) is 10.2. The summed E-state index contributed by atoms with van der Waals surface area (Å²) in [6.07, 6.45) is -4.48. The third-order valence-corrected chi connectivity index (χ3v) is 5.54. The van der Waals surface area contributed by atoms with E-state index in [1.165, 1.54) is 22.4 Å². The Morgan fingerprint density at radius 2 is 1.90 bits per heavy atom. The topological polar surface area (TPSA) is 41.6 Å². The summed E-state index contributed by atoms with van der Waals surface area (Å²) < 4.78 is 45.7. The van der Waals surface area contributed by atoms with E-state index in [1.54, 1.807) is 6.07 Å². The molecule has 1 saturated heterocycles. The number of aldehydes is 1. The van der Waals surface area contributed by atoms with Crippen LogP contribution in [0, 0.1) is 0 Å². The minimum Gasteiger partial charge on any atom is -0.373 e. The summed E-state index contributed by atoms with van der Waals surface area (Å²) in [5, 5.41) is 5.79. The van der Waals surface area contributed by atoms with Crippen LogP contribution in [0.15, 0.2) is 60.7 Å². The summed E-state index contributed by atoms with van der Waals surface area (Å²) in [5.74, 6) is 0. The molecule has 1 atom stereocenters. The molecule has 0 saturated carbocycles. The highest BCUT2D eigenvalue weighted by atomic mass is 19.4. The van der Waals surface area contributed by atoms with Gasteiger partial charge in [-0.25, -0.2) is 0 Å². The lowest BCUT2D eigenvalue weighted by atomic mass is 10.0. The molecule has 1 aliphatic heterocycles. The summed E-state index contributed by atoms with van der Waals surface area (Å²) >= 11 is 0. The Balaban J connectivity index is 1.40. The molecule has 0 radical (unpaired) electrons. The number of alkyl halides is 3. The van der Waals surface area contributed by atoms with Gasteiger partial charge in [-0.3, -0.25) is 4.79 Å². The normalized spacial score (nSPS) is 17.1. The maximum Gasteiger partial charge on any atom is 0.417 e. The summed E-state index contributed by atoms with van der Waals surface area (Å²) in [4.78, 5) is 12.9. The van der Waals surface area contributed by atoms with Gasteiger partial charge in [0.2, 0.25) is 0 Å². The largest absolute Gasteiger partial charge is 0.417 e. The van der Waals surface area contributed by atoms with E-state index in [-0.39, 0.29) is 18.0 Å². The van der Waals surface area contributed by atoms with E-state index in [0.717, 1.165) is 6.07 Å². The number of rotatable bonds is 6. The number of benzene rings is 3. The molecule has 1 unspecified atom stereocenters. The van der Waals surface area contributed by atoms with Gasteiger partial charge in [0.05, 0.1) is 18.3 Å². The molecule has 4 nitrogen and oxygen atoms in total. The van der Waals surface area contributed by atoms with Crippen LogP contribution in [0.25, 0.3) is 10.8 Å². The maximum absolute atomic E-state index is 13.3. The number of halogens is 3. The van der Waals surface area contributed by atoms with Gasteiger partial charge < -0.3 is 15.0 Å². The maximum atomic E-state index is 13.3. The van der Waals surface area contributed by atoms with E-state index in [0.29, 0.717) is 38.5 Å². The summed E-state index contributed by atoms with van der Waals surface area (Å²) in [7, 11) is 0. The second kappa shape index (κ2) is 9.08. The van der Waals surface area contributed by atoms with E-state index in [1.807, 2.05) is 23.1 Å². The third-order valence-electron chi connectivity index (χ3n) is 5.54. The Morgan fingerprint density at radius 1 is 1.10 bits per heavy atom. The number of carbonyl (C=O) groups excluding carboxylic acids is 1. The molecular weight excluding hydrogens is 405 g/mol. The Bertz CT molecular complexity index is 1060.